The van der Waals surface area contributed by atoms with Crippen LogP contribution in [0.25, 0.3) is 0 Å². The van der Waals surface area contributed by atoms with E-state index in [0.29, 0.717) is 11.4 Å². The number of aryl methyl sites for hydroxylation is 1. The number of nitrogens with zero attached hydrogens (tertiary/aromatic N) is 3. The summed E-state index contributed by atoms with van der Waals surface area (Å²) in [5, 5.41) is 12.6. The molecule has 3 amide bonds. The van der Waals surface area contributed by atoms with Crippen molar-refractivity contribution < 1.29 is 36.7 Å². The Balaban J connectivity index is 1.41. The molecule has 5 rings (SSSR count). The number of nitro benzene ring substituents is 1. The first-order valence-electron chi connectivity index (χ1n) is 13.6. The van der Waals surface area contributed by atoms with E-state index < -0.39 is 56.9 Å². The van der Waals surface area contributed by atoms with Crippen molar-refractivity contribution in [2.75, 3.05) is 6.54 Å². The van der Waals surface area contributed by atoms with Gasteiger partial charge in [-0.15, -0.1) is 0 Å². The molecule has 3 aromatic carbocycles. The third-order valence-electron chi connectivity index (χ3n) is 7.64. The third kappa shape index (κ3) is 5.86. The maximum absolute atomic E-state index is 13.7. The Morgan fingerprint density at radius 1 is 0.955 bits per heavy atom. The maximum atomic E-state index is 13.7. The summed E-state index contributed by atoms with van der Waals surface area (Å²) >= 11 is 0. The van der Waals surface area contributed by atoms with Gasteiger partial charge >= 0.3 is 10.1 Å². The highest BCUT2D eigenvalue weighted by Gasteiger charge is 2.53. The number of ketones is 1. The summed E-state index contributed by atoms with van der Waals surface area (Å²) in [6.07, 6.45) is 3.93. The van der Waals surface area contributed by atoms with Crippen molar-refractivity contribution in [2.45, 2.75) is 25.2 Å². The van der Waals surface area contributed by atoms with Crippen LogP contribution >= 0.6 is 0 Å². The van der Waals surface area contributed by atoms with E-state index in [2.05, 4.69) is 0 Å². The molecule has 226 valence electrons. The predicted octanol–water partition coefficient (Wildman–Crippen LogP) is 4.11. The molecule has 12 nitrogen and oxygen atoms in total. The van der Waals surface area contributed by atoms with E-state index >= 15 is 0 Å². The lowest BCUT2D eigenvalue weighted by atomic mass is 9.78. The molecule has 0 N–H and O–H groups in total. The number of imide groups is 1. The molecule has 13 heteroatoms. The number of carbonyl (C=O) groups excluding carboxylic acids is 4. The summed E-state index contributed by atoms with van der Waals surface area (Å²) in [6.45, 7) is 2.89. The zero-order valence-corrected chi connectivity index (χ0v) is 24.5. The van der Waals surface area contributed by atoms with Gasteiger partial charge in [0.05, 0.1) is 16.8 Å². The highest BCUT2D eigenvalue weighted by molar-refractivity contribution is 7.87. The Kier molecular flexibility index (Phi) is 8.15. The molecule has 1 aliphatic heterocycles. The molecular formula is C31H27N3O9S. The predicted molar refractivity (Wildman–Crippen MR) is 156 cm³/mol. The first-order chi connectivity index (χ1) is 20.9. The van der Waals surface area contributed by atoms with Gasteiger partial charge in [-0.3, -0.25) is 29.3 Å². The first-order valence-corrected chi connectivity index (χ1v) is 15.0. The number of rotatable bonds is 9. The zero-order valence-electron chi connectivity index (χ0n) is 23.7. The topological polar surface area (TPSA) is 161 Å². The molecule has 0 radical (unpaired) electrons. The second-order valence-corrected chi connectivity index (χ2v) is 12.2. The summed E-state index contributed by atoms with van der Waals surface area (Å²) in [6, 6.07) is 15.8. The summed E-state index contributed by atoms with van der Waals surface area (Å²) in [5.74, 6) is -4.51. The van der Waals surface area contributed by atoms with Gasteiger partial charge in [0, 0.05) is 23.3 Å². The largest absolute Gasteiger partial charge is 0.379 e. The van der Waals surface area contributed by atoms with Crippen molar-refractivity contribution in [3.63, 3.8) is 0 Å². The molecule has 44 heavy (non-hydrogen) atoms. The summed E-state index contributed by atoms with van der Waals surface area (Å²) in [5.41, 5.74) is 0.582. The van der Waals surface area contributed by atoms with Gasteiger partial charge in [0.15, 0.2) is 5.78 Å². The highest BCUT2D eigenvalue weighted by atomic mass is 32.2. The molecule has 0 spiro atoms. The lowest BCUT2D eigenvalue weighted by molar-refractivity contribution is -0.384. The smallest absolute Gasteiger partial charge is 0.339 e. The van der Waals surface area contributed by atoms with Crippen LogP contribution in [0.15, 0.2) is 89.8 Å². The molecule has 3 atom stereocenters. The summed E-state index contributed by atoms with van der Waals surface area (Å²) < 4.78 is 30.5. The van der Waals surface area contributed by atoms with Crippen molar-refractivity contribution in [1.82, 2.24) is 10.0 Å². The van der Waals surface area contributed by atoms with Crippen molar-refractivity contribution in [2.24, 2.45) is 17.8 Å². The molecule has 1 fully saturated rings. The lowest BCUT2D eigenvalue weighted by Gasteiger charge is -2.30. The Hall–Kier alpha value is -5.17. The number of hydrazine groups is 1. The minimum Gasteiger partial charge on any atom is -0.379 e. The van der Waals surface area contributed by atoms with Crippen LogP contribution in [0.1, 0.15) is 39.6 Å². The second-order valence-electron chi connectivity index (χ2n) is 10.6. The van der Waals surface area contributed by atoms with E-state index in [4.69, 9.17) is 4.18 Å². The van der Waals surface area contributed by atoms with Crippen LogP contribution in [-0.4, -0.2) is 53.4 Å². The van der Waals surface area contributed by atoms with Crippen molar-refractivity contribution in [1.29, 1.82) is 0 Å². The van der Waals surface area contributed by atoms with Gasteiger partial charge < -0.3 is 4.18 Å². The number of allylic oxidation sites excluding steroid dienone is 2. The normalized spacial score (nSPS) is 19.4. The van der Waals surface area contributed by atoms with Gasteiger partial charge in [-0.05, 0) is 67.8 Å². The van der Waals surface area contributed by atoms with Gasteiger partial charge in [-0.25, -0.2) is 5.01 Å². The van der Waals surface area contributed by atoms with Crippen molar-refractivity contribution in [3.8, 4) is 5.75 Å². The molecular weight excluding hydrogens is 590 g/mol. The van der Waals surface area contributed by atoms with Crippen LogP contribution in [0.3, 0.4) is 0 Å². The van der Waals surface area contributed by atoms with Crippen molar-refractivity contribution >= 4 is 39.3 Å². The number of Topliss-reactive ketones (excluding diaryl/α,β-unsaturated/α-hetero) is 1. The molecule has 0 aromatic heterocycles. The van der Waals surface area contributed by atoms with Gasteiger partial charge in [0.1, 0.15) is 17.2 Å². The Morgan fingerprint density at radius 2 is 1.57 bits per heavy atom. The number of amides is 3. The Bertz CT molecular complexity index is 1780. The minimum absolute atomic E-state index is 0.0475. The van der Waals surface area contributed by atoms with Gasteiger partial charge in [-0.2, -0.15) is 13.4 Å². The average Bonchev–Trinajstić information content (AvgIpc) is 3.26. The SMILES string of the molecule is Cc1ccc(S(=O)(=O)Oc2ccc(C(=O)CN(C(=O)c3ccc([N+](=O)[O-])cc3)N3C(=O)[C@H]4[C@H](C)C=CC[C@H]4C3=O)cc2)cc1. The quantitative estimate of drug-likeness (QED) is 0.0859. The van der Waals surface area contributed by atoms with Gasteiger partial charge in [0.25, 0.3) is 23.4 Å². The van der Waals surface area contributed by atoms with Gasteiger partial charge in [0.2, 0.25) is 0 Å². The lowest BCUT2D eigenvalue weighted by Crippen LogP contribution is -2.52. The molecule has 0 bridgehead atoms. The molecule has 0 saturated carbocycles. The minimum atomic E-state index is -4.14. The van der Waals surface area contributed by atoms with Crippen LogP contribution in [0.2, 0.25) is 0 Å². The Morgan fingerprint density at radius 3 is 2.16 bits per heavy atom. The average molecular weight is 618 g/mol. The highest BCUT2D eigenvalue weighted by Crippen LogP contribution is 2.39. The number of benzene rings is 3. The van der Waals surface area contributed by atoms with E-state index in [1.807, 2.05) is 13.0 Å². The number of fused-ring (bicyclic) bond motifs is 1. The summed E-state index contributed by atoms with van der Waals surface area (Å²) in [7, 11) is -4.14. The zero-order chi connectivity index (χ0) is 31.8. The van der Waals surface area contributed by atoms with E-state index in [0.717, 1.165) is 22.7 Å². The van der Waals surface area contributed by atoms with Crippen LogP contribution < -0.4 is 4.18 Å². The van der Waals surface area contributed by atoms with E-state index in [9.17, 15) is 37.7 Å². The number of nitro groups is 1. The van der Waals surface area contributed by atoms with Crippen molar-refractivity contribution in [3.05, 3.63) is 112 Å². The molecule has 3 aromatic rings. The second kappa shape index (κ2) is 11.8. The fourth-order valence-electron chi connectivity index (χ4n) is 5.28. The number of carbonyl (C=O) groups is 4. The Labute approximate surface area is 252 Å². The monoisotopic (exact) mass is 617 g/mol. The van der Waals surface area contributed by atoms with E-state index in [1.165, 1.54) is 48.5 Å². The molecule has 2 aliphatic rings. The van der Waals surface area contributed by atoms with Crippen LogP contribution in [0.5, 0.6) is 5.75 Å². The van der Waals surface area contributed by atoms with Crippen LogP contribution in [-0.2, 0) is 19.7 Å². The number of hydrogen-bond acceptors (Lipinski definition) is 9. The fourth-order valence-corrected chi connectivity index (χ4v) is 6.21. The van der Waals surface area contributed by atoms with Crippen LogP contribution in [0.4, 0.5) is 5.69 Å². The maximum Gasteiger partial charge on any atom is 0.339 e. The van der Waals surface area contributed by atoms with Crippen LogP contribution in [0, 0.1) is 34.8 Å². The number of non-ortho nitro benzene ring substituents is 1. The standard InChI is InChI=1S/C31H27N3O9S/c1-19-6-16-25(17-7-19)44(41,42)43-24-14-10-21(11-15-24)27(35)18-32(29(36)22-8-12-23(13-9-22)34(39)40)33-30(37)26-5-3-4-20(2)28(26)31(33)38/h3-4,6-17,20,26,28H,5,18H2,1-2H3/t20-,26-,28+/m1/s1. The molecule has 0 unspecified atom stereocenters. The molecule has 1 heterocycles. The van der Waals surface area contributed by atoms with E-state index in [1.54, 1.807) is 25.1 Å². The third-order valence-corrected chi connectivity index (χ3v) is 8.90. The first kappa shape index (κ1) is 30.3. The van der Waals surface area contributed by atoms with Gasteiger partial charge in [-0.1, -0.05) is 36.8 Å². The molecule has 1 saturated heterocycles. The van der Waals surface area contributed by atoms with E-state index in [-0.39, 0.29) is 33.4 Å². The summed E-state index contributed by atoms with van der Waals surface area (Å²) in [4.78, 5) is 64.5. The number of hydrogen-bond donors (Lipinski definition) is 0. The fraction of sp³-hybridized carbons (Fsp3) is 0.226. The molecule has 1 aliphatic carbocycles.